The summed E-state index contributed by atoms with van der Waals surface area (Å²) in [4.78, 5) is 18.5. The van der Waals surface area contributed by atoms with E-state index in [9.17, 15) is 13.2 Å². The third-order valence-electron chi connectivity index (χ3n) is 5.86. The molecule has 1 heterocycles. The Bertz CT molecular complexity index is 1540. The molecule has 5 rings (SSSR count). The SMILES string of the molecule is NS(=O)(=O)Cc1cccc(NC(=O)c2c3c(nc4ccccc24)/C(=C\c2ccccc2)CC3)c1. The van der Waals surface area contributed by atoms with Crippen molar-refractivity contribution in [3.05, 3.63) is 107 Å². The Labute approximate surface area is 198 Å². The van der Waals surface area contributed by atoms with Crippen LogP contribution >= 0.6 is 0 Å². The summed E-state index contributed by atoms with van der Waals surface area (Å²) in [6.45, 7) is 0. The predicted octanol–water partition coefficient (Wildman–Crippen LogP) is 4.76. The van der Waals surface area contributed by atoms with Crippen molar-refractivity contribution in [1.82, 2.24) is 4.98 Å². The fourth-order valence-electron chi connectivity index (χ4n) is 4.45. The first-order valence-corrected chi connectivity index (χ1v) is 12.7. The standard InChI is InChI=1S/C27H23N3O3S/c28-34(32,33)17-19-9-6-10-21(16-19)29-27(31)25-22-11-4-5-12-24(22)30-26-20(13-14-23(25)26)15-18-7-2-1-3-8-18/h1-12,15-16H,13-14,17H2,(H,29,31)(H2,28,32,33)/b20-15-. The van der Waals surface area contributed by atoms with E-state index in [1.54, 1.807) is 24.3 Å². The van der Waals surface area contributed by atoms with Crippen LogP contribution in [0, 0.1) is 0 Å². The first-order valence-electron chi connectivity index (χ1n) is 11.0. The van der Waals surface area contributed by atoms with Gasteiger partial charge in [0.25, 0.3) is 5.91 Å². The number of allylic oxidation sites excluding steroid dienone is 1. The molecule has 1 aromatic heterocycles. The summed E-state index contributed by atoms with van der Waals surface area (Å²) in [5.41, 5.74) is 6.38. The first-order chi connectivity index (χ1) is 16.4. The van der Waals surface area contributed by atoms with Crippen molar-refractivity contribution >= 4 is 44.2 Å². The number of carbonyl (C=O) groups is 1. The second-order valence-corrected chi connectivity index (χ2v) is 9.99. The zero-order valence-corrected chi connectivity index (χ0v) is 19.2. The molecule has 1 aliphatic carbocycles. The zero-order chi connectivity index (χ0) is 23.7. The lowest BCUT2D eigenvalue weighted by molar-refractivity contribution is 0.102. The third kappa shape index (κ3) is 4.62. The van der Waals surface area contributed by atoms with Crippen LogP contribution in [0.4, 0.5) is 5.69 Å². The van der Waals surface area contributed by atoms with Gasteiger partial charge in [0, 0.05) is 11.1 Å². The summed E-state index contributed by atoms with van der Waals surface area (Å²) in [7, 11) is -3.67. The minimum absolute atomic E-state index is 0.247. The molecule has 0 radical (unpaired) electrons. The number of fused-ring (bicyclic) bond motifs is 2. The number of para-hydroxylation sites is 1. The lowest BCUT2D eigenvalue weighted by Crippen LogP contribution is -2.17. The number of anilines is 1. The van der Waals surface area contributed by atoms with E-state index in [-0.39, 0.29) is 11.7 Å². The highest BCUT2D eigenvalue weighted by Gasteiger charge is 2.27. The first kappa shape index (κ1) is 22.0. The van der Waals surface area contributed by atoms with Gasteiger partial charge in [-0.1, -0.05) is 60.7 Å². The van der Waals surface area contributed by atoms with Crippen LogP contribution < -0.4 is 10.5 Å². The molecule has 0 fully saturated rings. The second kappa shape index (κ2) is 8.85. The molecule has 0 spiro atoms. The van der Waals surface area contributed by atoms with Gasteiger partial charge in [-0.2, -0.15) is 0 Å². The number of aromatic nitrogens is 1. The second-order valence-electron chi connectivity index (χ2n) is 8.37. The third-order valence-corrected chi connectivity index (χ3v) is 6.60. The summed E-state index contributed by atoms with van der Waals surface area (Å²) in [6.07, 6.45) is 3.66. The molecule has 170 valence electrons. The zero-order valence-electron chi connectivity index (χ0n) is 18.4. The van der Waals surface area contributed by atoms with Crippen molar-refractivity contribution in [3.8, 4) is 0 Å². The highest BCUT2D eigenvalue weighted by molar-refractivity contribution is 7.88. The van der Waals surface area contributed by atoms with E-state index in [1.165, 1.54) is 0 Å². The molecule has 0 unspecified atom stereocenters. The largest absolute Gasteiger partial charge is 0.322 e. The van der Waals surface area contributed by atoms with Crippen LogP contribution in [0.1, 0.15) is 39.2 Å². The molecular formula is C27H23N3O3S. The van der Waals surface area contributed by atoms with Gasteiger partial charge < -0.3 is 5.32 Å². The van der Waals surface area contributed by atoms with Crippen LogP contribution in [-0.2, 0) is 22.2 Å². The lowest BCUT2D eigenvalue weighted by Gasteiger charge is -2.13. The summed E-state index contributed by atoms with van der Waals surface area (Å²) in [5, 5.41) is 8.92. The number of pyridine rings is 1. The van der Waals surface area contributed by atoms with Gasteiger partial charge in [-0.3, -0.25) is 4.79 Å². The van der Waals surface area contributed by atoms with Gasteiger partial charge in [0.05, 0.1) is 22.5 Å². The maximum Gasteiger partial charge on any atom is 0.256 e. The Morgan fingerprint density at radius 1 is 0.971 bits per heavy atom. The maximum atomic E-state index is 13.5. The lowest BCUT2D eigenvalue weighted by atomic mass is 9.99. The molecule has 3 aromatic carbocycles. The molecule has 1 amide bonds. The van der Waals surface area contributed by atoms with Gasteiger partial charge in [0.2, 0.25) is 10.0 Å². The van der Waals surface area contributed by atoms with Crippen LogP contribution in [0.15, 0.2) is 78.9 Å². The van der Waals surface area contributed by atoms with Gasteiger partial charge in [0.1, 0.15) is 0 Å². The Morgan fingerprint density at radius 2 is 1.74 bits per heavy atom. The predicted molar refractivity (Wildman–Crippen MR) is 136 cm³/mol. The number of amides is 1. The van der Waals surface area contributed by atoms with Gasteiger partial charge in [-0.15, -0.1) is 0 Å². The molecule has 6 nitrogen and oxygen atoms in total. The normalized spacial score (nSPS) is 14.3. The van der Waals surface area contributed by atoms with Crippen molar-refractivity contribution in [1.29, 1.82) is 0 Å². The highest BCUT2D eigenvalue weighted by atomic mass is 32.2. The number of nitrogens with one attached hydrogen (secondary N) is 1. The summed E-state index contributed by atoms with van der Waals surface area (Å²) >= 11 is 0. The average molecular weight is 470 g/mol. The van der Waals surface area contributed by atoms with Crippen molar-refractivity contribution in [2.45, 2.75) is 18.6 Å². The van der Waals surface area contributed by atoms with Crippen LogP contribution in [0.2, 0.25) is 0 Å². The maximum absolute atomic E-state index is 13.5. The number of nitrogens with two attached hydrogens (primary N) is 1. The van der Waals surface area contributed by atoms with Crippen LogP contribution in [-0.4, -0.2) is 19.3 Å². The van der Waals surface area contributed by atoms with Gasteiger partial charge >= 0.3 is 0 Å². The van der Waals surface area contributed by atoms with Crippen molar-refractivity contribution in [2.75, 3.05) is 5.32 Å². The van der Waals surface area contributed by atoms with E-state index in [1.807, 2.05) is 54.6 Å². The number of primary sulfonamides is 1. The van der Waals surface area contributed by atoms with Crippen molar-refractivity contribution < 1.29 is 13.2 Å². The number of rotatable bonds is 5. The summed E-state index contributed by atoms with van der Waals surface area (Å²) < 4.78 is 22.9. The molecule has 0 atom stereocenters. The monoisotopic (exact) mass is 469 g/mol. The molecule has 34 heavy (non-hydrogen) atoms. The van der Waals surface area contributed by atoms with Gasteiger partial charge in [-0.25, -0.2) is 18.5 Å². The van der Waals surface area contributed by atoms with E-state index in [2.05, 4.69) is 11.4 Å². The number of benzene rings is 3. The Morgan fingerprint density at radius 3 is 2.53 bits per heavy atom. The highest BCUT2D eigenvalue weighted by Crippen LogP contribution is 2.37. The minimum Gasteiger partial charge on any atom is -0.322 e. The fourth-order valence-corrected chi connectivity index (χ4v) is 5.10. The molecule has 0 saturated carbocycles. The van der Waals surface area contributed by atoms with E-state index in [4.69, 9.17) is 10.1 Å². The smallest absolute Gasteiger partial charge is 0.256 e. The molecule has 0 aliphatic heterocycles. The van der Waals surface area contributed by atoms with Gasteiger partial charge in [-0.05, 0) is 59.4 Å². The quantitative estimate of drug-likeness (QED) is 0.440. The van der Waals surface area contributed by atoms with Crippen LogP contribution in [0.3, 0.4) is 0 Å². The number of hydrogen-bond donors (Lipinski definition) is 2. The summed E-state index contributed by atoms with van der Waals surface area (Å²) in [6, 6.07) is 24.4. The number of nitrogens with zero attached hydrogens (tertiary/aromatic N) is 1. The Kier molecular flexibility index (Phi) is 5.73. The van der Waals surface area contributed by atoms with E-state index < -0.39 is 10.0 Å². The van der Waals surface area contributed by atoms with E-state index >= 15 is 0 Å². The molecule has 7 heteroatoms. The van der Waals surface area contributed by atoms with Crippen LogP contribution in [0.5, 0.6) is 0 Å². The average Bonchev–Trinajstić information content (AvgIpc) is 3.19. The molecule has 4 aromatic rings. The number of carbonyl (C=O) groups excluding carboxylic acids is 1. The Balaban J connectivity index is 1.56. The fraction of sp³-hybridized carbons (Fsp3) is 0.111. The van der Waals surface area contributed by atoms with E-state index in [0.29, 0.717) is 16.8 Å². The number of sulfonamides is 1. The van der Waals surface area contributed by atoms with Crippen LogP contribution in [0.25, 0.3) is 22.6 Å². The topological polar surface area (TPSA) is 102 Å². The summed E-state index contributed by atoms with van der Waals surface area (Å²) in [5.74, 6) is -0.540. The molecular weight excluding hydrogens is 446 g/mol. The molecule has 0 bridgehead atoms. The van der Waals surface area contributed by atoms with E-state index in [0.717, 1.165) is 46.1 Å². The minimum atomic E-state index is -3.67. The van der Waals surface area contributed by atoms with Crippen molar-refractivity contribution in [2.24, 2.45) is 5.14 Å². The van der Waals surface area contributed by atoms with Crippen molar-refractivity contribution in [3.63, 3.8) is 0 Å². The molecule has 0 saturated heterocycles. The number of hydrogen-bond acceptors (Lipinski definition) is 4. The van der Waals surface area contributed by atoms with Gasteiger partial charge in [0.15, 0.2) is 0 Å². The molecule has 1 aliphatic rings. The molecule has 3 N–H and O–H groups in total. The Hall–Kier alpha value is -3.81.